The lowest BCUT2D eigenvalue weighted by atomic mass is 9.81. The summed E-state index contributed by atoms with van der Waals surface area (Å²) in [4.78, 5) is 3.92. The van der Waals surface area contributed by atoms with Crippen LogP contribution in [-0.2, 0) is 18.0 Å². The van der Waals surface area contributed by atoms with Gasteiger partial charge in [0, 0.05) is 18.8 Å². The van der Waals surface area contributed by atoms with E-state index in [2.05, 4.69) is 43.3 Å². The van der Waals surface area contributed by atoms with Gasteiger partial charge in [-0.3, -0.25) is 4.57 Å². The van der Waals surface area contributed by atoms with Crippen LogP contribution in [0.4, 0.5) is 0 Å². The Balaban J connectivity index is 1.34. The second-order valence-electron chi connectivity index (χ2n) is 7.51. The van der Waals surface area contributed by atoms with Crippen molar-refractivity contribution in [2.75, 3.05) is 0 Å². The lowest BCUT2D eigenvalue weighted by Gasteiger charge is -2.36. The average molecular weight is 396 g/mol. The number of halogens is 1. The summed E-state index contributed by atoms with van der Waals surface area (Å²) in [5.74, 6) is 1.62. The molecule has 0 amide bonds. The Labute approximate surface area is 168 Å². The van der Waals surface area contributed by atoms with E-state index < -0.39 is 0 Å². The monoisotopic (exact) mass is 395 g/mol. The fraction of sp³-hybridized carbons (Fsp3) is 0.381. The molecule has 2 aromatic heterocycles. The summed E-state index contributed by atoms with van der Waals surface area (Å²) in [7, 11) is 0. The molecule has 0 spiro atoms. The second kappa shape index (κ2) is 7.18. The molecule has 3 heterocycles. The van der Waals surface area contributed by atoms with E-state index in [0.717, 1.165) is 43.7 Å². The van der Waals surface area contributed by atoms with Gasteiger partial charge in [-0.2, -0.15) is 0 Å². The quantitative estimate of drug-likeness (QED) is 0.684. The number of pyridine rings is 1. The van der Waals surface area contributed by atoms with Crippen molar-refractivity contribution in [3.8, 4) is 11.6 Å². The van der Waals surface area contributed by atoms with Crippen LogP contribution in [0.3, 0.4) is 0 Å². The van der Waals surface area contributed by atoms with E-state index in [4.69, 9.17) is 16.3 Å². The summed E-state index contributed by atoms with van der Waals surface area (Å²) in [6.07, 6.45) is 7.32. The first-order chi connectivity index (χ1) is 13.7. The predicted octanol–water partition coefficient (Wildman–Crippen LogP) is 3.72. The van der Waals surface area contributed by atoms with Gasteiger partial charge in [0.2, 0.25) is 5.88 Å². The Morgan fingerprint density at radius 3 is 2.86 bits per heavy atom. The van der Waals surface area contributed by atoms with E-state index in [-0.39, 0.29) is 11.0 Å². The van der Waals surface area contributed by atoms with Crippen LogP contribution in [0.5, 0.6) is 5.88 Å². The smallest absolute Gasteiger partial charge is 0.213 e. The molecule has 1 aliphatic heterocycles. The predicted molar refractivity (Wildman–Crippen MR) is 107 cm³/mol. The van der Waals surface area contributed by atoms with Crippen molar-refractivity contribution in [1.29, 1.82) is 0 Å². The molecule has 7 heteroatoms. The molecule has 1 N–H and O–H groups in total. The highest BCUT2D eigenvalue weighted by Crippen LogP contribution is 2.44. The number of benzene rings is 1. The number of hydrogen-bond donors (Lipinski definition) is 1. The molecule has 0 bridgehead atoms. The number of nitrogens with one attached hydrogen (secondary N) is 1. The number of hydrogen-bond acceptors (Lipinski definition) is 5. The van der Waals surface area contributed by atoms with Crippen LogP contribution >= 0.6 is 11.6 Å². The zero-order valence-corrected chi connectivity index (χ0v) is 16.3. The van der Waals surface area contributed by atoms with Gasteiger partial charge < -0.3 is 10.1 Å². The lowest BCUT2D eigenvalue weighted by Crippen LogP contribution is -2.32. The molecular formula is C21H22ClN5O. The molecule has 1 fully saturated rings. The summed E-state index contributed by atoms with van der Waals surface area (Å²) >= 11 is 7.11. The van der Waals surface area contributed by atoms with Gasteiger partial charge in [-0.1, -0.05) is 18.2 Å². The third-order valence-electron chi connectivity index (χ3n) is 5.72. The van der Waals surface area contributed by atoms with Gasteiger partial charge in [0.25, 0.3) is 0 Å². The van der Waals surface area contributed by atoms with Gasteiger partial charge in [0.05, 0.1) is 17.1 Å². The average Bonchev–Trinajstić information content (AvgIpc) is 3.12. The highest BCUT2D eigenvalue weighted by Gasteiger charge is 2.36. The molecule has 0 unspecified atom stereocenters. The Kier molecular flexibility index (Phi) is 4.53. The van der Waals surface area contributed by atoms with Crippen LogP contribution in [0.25, 0.3) is 5.69 Å². The zero-order chi connectivity index (χ0) is 19.0. The molecule has 0 saturated heterocycles. The molecule has 6 nitrogen and oxygen atoms in total. The first-order valence-electron chi connectivity index (χ1n) is 9.71. The number of rotatable bonds is 3. The normalized spacial score (nSPS) is 24.1. The maximum absolute atomic E-state index is 7.11. The zero-order valence-electron chi connectivity index (χ0n) is 15.5. The third kappa shape index (κ3) is 3.27. The van der Waals surface area contributed by atoms with Crippen molar-refractivity contribution in [3.05, 3.63) is 65.9 Å². The van der Waals surface area contributed by atoms with Crippen LogP contribution in [0.1, 0.15) is 42.6 Å². The van der Waals surface area contributed by atoms with Gasteiger partial charge in [0.1, 0.15) is 12.4 Å². The Morgan fingerprint density at radius 1 is 1.14 bits per heavy atom. The van der Waals surface area contributed by atoms with E-state index in [1.54, 1.807) is 12.5 Å². The summed E-state index contributed by atoms with van der Waals surface area (Å²) < 4.78 is 8.08. The second-order valence-corrected chi connectivity index (χ2v) is 8.24. The van der Waals surface area contributed by atoms with Crippen molar-refractivity contribution < 1.29 is 4.74 Å². The first kappa shape index (κ1) is 17.6. The van der Waals surface area contributed by atoms with E-state index in [1.165, 1.54) is 11.1 Å². The van der Waals surface area contributed by atoms with E-state index in [0.29, 0.717) is 12.4 Å². The Morgan fingerprint density at radius 2 is 2.04 bits per heavy atom. The molecule has 0 radical (unpaired) electrons. The van der Waals surface area contributed by atoms with Crippen molar-refractivity contribution in [2.45, 2.75) is 49.8 Å². The fourth-order valence-corrected chi connectivity index (χ4v) is 4.51. The summed E-state index contributed by atoms with van der Waals surface area (Å²) in [5.41, 5.74) is 3.53. The Hall–Kier alpha value is -2.44. The van der Waals surface area contributed by atoms with Crippen LogP contribution in [0.2, 0.25) is 0 Å². The third-order valence-corrected chi connectivity index (χ3v) is 6.32. The van der Waals surface area contributed by atoms with Crippen molar-refractivity contribution in [2.24, 2.45) is 0 Å². The molecule has 1 saturated carbocycles. The highest BCUT2D eigenvalue weighted by molar-refractivity contribution is 6.24. The minimum absolute atomic E-state index is 0.170. The minimum Gasteiger partial charge on any atom is -0.474 e. The largest absolute Gasteiger partial charge is 0.474 e. The molecule has 28 heavy (non-hydrogen) atoms. The molecule has 144 valence electrons. The number of ether oxygens (including phenoxy) is 1. The fourth-order valence-electron chi connectivity index (χ4n) is 4.17. The molecular weight excluding hydrogens is 374 g/mol. The standard InChI is InChI=1S/C21H22ClN5O/c22-21(8-6-17(7-9-21)28-20-3-1-2-10-24-20)16-4-5-18-15(11-16)12-23-13-19-26-25-14-27(18)19/h1-5,10-11,14,17,23H,6-9,12-13H2. The first-order valence-corrected chi connectivity index (χ1v) is 10.1. The molecule has 3 aromatic rings. The maximum Gasteiger partial charge on any atom is 0.213 e. The number of nitrogens with zero attached hydrogens (tertiary/aromatic N) is 4. The highest BCUT2D eigenvalue weighted by atomic mass is 35.5. The molecule has 2 aliphatic rings. The molecule has 1 aromatic carbocycles. The Bertz CT molecular complexity index is 966. The van der Waals surface area contributed by atoms with Crippen molar-refractivity contribution in [1.82, 2.24) is 25.1 Å². The van der Waals surface area contributed by atoms with E-state index in [1.807, 2.05) is 18.2 Å². The van der Waals surface area contributed by atoms with Gasteiger partial charge >= 0.3 is 0 Å². The van der Waals surface area contributed by atoms with Crippen molar-refractivity contribution >= 4 is 11.6 Å². The number of fused-ring (bicyclic) bond motifs is 3. The van der Waals surface area contributed by atoms with E-state index in [9.17, 15) is 0 Å². The number of alkyl halides is 1. The van der Waals surface area contributed by atoms with Crippen LogP contribution < -0.4 is 10.1 Å². The van der Waals surface area contributed by atoms with Crippen LogP contribution in [0.15, 0.2) is 48.9 Å². The molecule has 1 aliphatic carbocycles. The van der Waals surface area contributed by atoms with Gasteiger partial charge in [-0.25, -0.2) is 4.98 Å². The molecule has 5 rings (SSSR count). The van der Waals surface area contributed by atoms with E-state index >= 15 is 0 Å². The van der Waals surface area contributed by atoms with Gasteiger partial charge in [-0.15, -0.1) is 21.8 Å². The summed E-state index contributed by atoms with van der Waals surface area (Å²) in [5, 5.41) is 11.7. The summed E-state index contributed by atoms with van der Waals surface area (Å²) in [6.45, 7) is 1.51. The number of aromatic nitrogens is 4. The van der Waals surface area contributed by atoms with Gasteiger partial charge in [-0.05, 0) is 48.9 Å². The lowest BCUT2D eigenvalue weighted by molar-refractivity contribution is 0.132. The van der Waals surface area contributed by atoms with Crippen LogP contribution in [0, 0.1) is 0 Å². The maximum atomic E-state index is 7.11. The van der Waals surface area contributed by atoms with Crippen molar-refractivity contribution in [3.63, 3.8) is 0 Å². The van der Waals surface area contributed by atoms with Crippen LogP contribution in [-0.4, -0.2) is 25.9 Å². The minimum atomic E-state index is -0.346. The summed E-state index contributed by atoms with van der Waals surface area (Å²) in [6, 6.07) is 12.3. The topological polar surface area (TPSA) is 64.9 Å². The SMILES string of the molecule is ClC1(c2ccc3c(c2)CNCc2nncn2-3)CCC(Oc2ccccn2)CC1. The molecule has 0 atom stereocenters. The van der Waals surface area contributed by atoms with Gasteiger partial charge in [0.15, 0.2) is 5.82 Å².